The number of hydrogen-bond donors (Lipinski definition) is 0. The van der Waals surface area contributed by atoms with Gasteiger partial charge in [-0.25, -0.2) is 19.4 Å². The molecule has 12 rings (SSSR count). The summed E-state index contributed by atoms with van der Waals surface area (Å²) in [5, 5.41) is 65.4. The van der Waals surface area contributed by atoms with Gasteiger partial charge in [-0.05, 0) is 135 Å². The van der Waals surface area contributed by atoms with Crippen LogP contribution in [0.4, 0.5) is 22.7 Å². The molecule has 12 aromatic rings. The summed E-state index contributed by atoms with van der Waals surface area (Å²) in [6, 6.07) is 67.9. The van der Waals surface area contributed by atoms with E-state index in [0.717, 1.165) is 21.5 Å². The van der Waals surface area contributed by atoms with Gasteiger partial charge in [0.25, 0.3) is 0 Å². The first-order valence-electron chi connectivity index (χ1n) is 25.1. The minimum absolute atomic E-state index is 0.264. The molecule has 0 saturated carbocycles. The molecule has 82 heavy (non-hydrogen) atoms. The molecule has 12 nitrogen and oxygen atoms in total. The van der Waals surface area contributed by atoms with E-state index in [1.54, 1.807) is 91.0 Å². The zero-order valence-corrected chi connectivity index (χ0v) is 42.7. The Balaban J connectivity index is 1.28. The van der Waals surface area contributed by atoms with E-state index in [2.05, 4.69) is 64.9 Å². The van der Waals surface area contributed by atoms with Crippen molar-refractivity contribution in [1.29, 1.82) is 31.6 Å². The van der Waals surface area contributed by atoms with Crippen LogP contribution in [0.5, 0.6) is 0 Å². The van der Waals surface area contributed by atoms with Gasteiger partial charge in [0.15, 0.2) is 22.7 Å². The third kappa shape index (κ3) is 8.09. The van der Waals surface area contributed by atoms with E-state index in [1.165, 1.54) is 0 Å². The van der Waals surface area contributed by atoms with Crippen LogP contribution in [0, 0.1) is 94.3 Å². The molecule has 0 fully saturated rings. The van der Waals surface area contributed by atoms with Crippen molar-refractivity contribution in [2.45, 2.75) is 0 Å². The van der Waals surface area contributed by atoms with Crippen molar-refractivity contribution >= 4 is 66.4 Å². The van der Waals surface area contributed by atoms with Gasteiger partial charge in [0.1, 0.15) is 0 Å². The lowest BCUT2D eigenvalue weighted by Crippen LogP contribution is -2.06. The van der Waals surface area contributed by atoms with Gasteiger partial charge in [-0.2, -0.15) is 31.6 Å². The molecule has 2 heterocycles. The predicted octanol–water partition coefficient (Wildman–Crippen LogP) is 17.6. The number of hydrogen-bond acceptors (Lipinski definition) is 6. The summed E-state index contributed by atoms with van der Waals surface area (Å²) < 4.78 is 4.15. The normalized spacial score (nSPS) is 10.6. The Hall–Kier alpha value is -13.3. The standard InChI is InChI=1S/C70H30N12/c1-77-52-14-22-54(49(27-52)38-74)45-10-18-58-60-20-12-47(56-16-8-42(36-72)25-63(56)79-3)31-67(60)81(65(58)29-45)69-33-51(40-76)62(44-7-5-6-41(24-44)35-71)34-70(69)82-66-30-46(55-23-15-53(78-2)28-50(55)39-75)11-19-59(66)61-21-13-48(32-68(61)82)57-17-9-43(37-73)26-64(57)80-4/h5-34H. The molecule has 0 aliphatic carbocycles. The van der Waals surface area contributed by atoms with E-state index in [0.29, 0.717) is 128 Å². The van der Waals surface area contributed by atoms with E-state index < -0.39 is 0 Å². The molecule has 0 radical (unpaired) electrons. The number of nitriles is 6. The molecule has 0 spiro atoms. The Morgan fingerprint density at radius 2 is 0.659 bits per heavy atom. The Morgan fingerprint density at radius 1 is 0.293 bits per heavy atom. The second-order valence-corrected chi connectivity index (χ2v) is 19.1. The molecule has 0 aliphatic heterocycles. The summed E-state index contributed by atoms with van der Waals surface area (Å²) in [5.41, 5.74) is 12.9. The maximum atomic E-state index is 11.4. The number of nitrogens with zero attached hydrogens (tertiary/aromatic N) is 12. The van der Waals surface area contributed by atoms with Crippen molar-refractivity contribution in [3.8, 4) is 103 Å². The molecule has 370 valence electrons. The topological polar surface area (TPSA) is 170 Å². The zero-order valence-electron chi connectivity index (χ0n) is 42.7. The van der Waals surface area contributed by atoms with Crippen LogP contribution in [0.15, 0.2) is 182 Å². The molecule has 0 atom stereocenters. The summed E-state index contributed by atoms with van der Waals surface area (Å²) in [7, 11) is 0. The van der Waals surface area contributed by atoms with Crippen LogP contribution < -0.4 is 0 Å². The minimum Gasteiger partial charge on any atom is -0.307 e. The molecule has 0 amide bonds. The maximum absolute atomic E-state index is 11.4. The van der Waals surface area contributed by atoms with Gasteiger partial charge in [0, 0.05) is 49.4 Å². The van der Waals surface area contributed by atoms with E-state index in [-0.39, 0.29) is 16.9 Å². The Kier molecular flexibility index (Phi) is 12.1. The van der Waals surface area contributed by atoms with Crippen LogP contribution in [0.25, 0.3) is 130 Å². The fourth-order valence-electron chi connectivity index (χ4n) is 11.0. The SMILES string of the molecule is [C-]#[N+]c1ccc(-c2ccc3c4ccc(-c5ccc(C#N)cc5[N+]#[C-])cc4n(-c4cc(C#N)c(-c5cccc(C#N)c5)cc4-n4c5cc(-c6ccc([N+]#[C-])cc6C#N)ccc5c5ccc(-c6ccc(C#N)cc6[N+]#[C-])cc54)c3c2)c(C#N)c1. The molecule has 0 bridgehead atoms. The van der Waals surface area contributed by atoms with E-state index >= 15 is 0 Å². The van der Waals surface area contributed by atoms with Crippen molar-refractivity contribution in [1.82, 2.24) is 9.13 Å². The predicted molar refractivity (Wildman–Crippen MR) is 316 cm³/mol. The van der Waals surface area contributed by atoms with Gasteiger partial charge in [0.2, 0.25) is 0 Å². The van der Waals surface area contributed by atoms with Gasteiger partial charge >= 0.3 is 0 Å². The fraction of sp³-hybridized carbons (Fsp3) is 0. The van der Waals surface area contributed by atoms with Crippen molar-refractivity contribution < 1.29 is 0 Å². The molecule has 2 aromatic heterocycles. The number of aromatic nitrogens is 2. The van der Waals surface area contributed by atoms with Gasteiger partial charge < -0.3 is 9.13 Å². The van der Waals surface area contributed by atoms with Crippen LogP contribution in [0.3, 0.4) is 0 Å². The second-order valence-electron chi connectivity index (χ2n) is 19.1. The Labute approximate surface area is 469 Å². The first kappa shape index (κ1) is 49.6. The molecular formula is C70H30N12. The van der Waals surface area contributed by atoms with Crippen molar-refractivity contribution in [3.05, 3.63) is 261 Å². The third-order valence-corrected chi connectivity index (χ3v) is 14.8. The monoisotopic (exact) mass is 1040 g/mol. The largest absolute Gasteiger partial charge is 0.307 e. The molecule has 12 heteroatoms. The minimum atomic E-state index is 0.264. The average Bonchev–Trinajstić information content (AvgIpc) is 3.93. The summed E-state index contributed by atoms with van der Waals surface area (Å²) in [6.07, 6.45) is 0. The lowest BCUT2D eigenvalue weighted by molar-refractivity contribution is 1.09. The smallest absolute Gasteiger partial charge is 0.196 e. The van der Waals surface area contributed by atoms with Gasteiger partial charge in [-0.1, -0.05) is 97.1 Å². The van der Waals surface area contributed by atoms with E-state index in [4.69, 9.17) is 26.3 Å². The summed E-state index contributed by atoms with van der Waals surface area (Å²) in [5.74, 6) is 0. The van der Waals surface area contributed by atoms with E-state index in [9.17, 15) is 31.6 Å². The first-order valence-corrected chi connectivity index (χ1v) is 25.1. The quantitative estimate of drug-likeness (QED) is 0.144. The van der Waals surface area contributed by atoms with Crippen LogP contribution in [0.1, 0.15) is 33.4 Å². The van der Waals surface area contributed by atoms with Crippen LogP contribution in [-0.2, 0) is 0 Å². The second kappa shape index (κ2) is 20.0. The van der Waals surface area contributed by atoms with Crippen LogP contribution in [-0.4, -0.2) is 9.13 Å². The lowest BCUT2D eigenvalue weighted by atomic mass is 9.96. The molecule has 0 saturated heterocycles. The summed E-state index contributed by atoms with van der Waals surface area (Å²) in [4.78, 5) is 14.8. The Morgan fingerprint density at radius 3 is 1.05 bits per heavy atom. The Bertz CT molecular complexity index is 5040. The van der Waals surface area contributed by atoms with Crippen LogP contribution in [0.2, 0.25) is 0 Å². The van der Waals surface area contributed by atoms with Gasteiger partial charge in [0.05, 0.1) is 107 Å². The van der Waals surface area contributed by atoms with Crippen LogP contribution >= 0.6 is 0 Å². The van der Waals surface area contributed by atoms with Gasteiger partial charge in [-0.3, -0.25) is 0 Å². The van der Waals surface area contributed by atoms with Crippen molar-refractivity contribution in [3.63, 3.8) is 0 Å². The van der Waals surface area contributed by atoms with Crippen molar-refractivity contribution in [2.75, 3.05) is 0 Å². The zero-order chi connectivity index (χ0) is 56.8. The highest BCUT2D eigenvalue weighted by atomic mass is 15.1. The molecule has 0 aliphatic rings. The molecule has 0 N–H and O–H groups in total. The van der Waals surface area contributed by atoms with Crippen molar-refractivity contribution in [2.24, 2.45) is 0 Å². The highest BCUT2D eigenvalue weighted by Crippen LogP contribution is 2.46. The lowest BCUT2D eigenvalue weighted by Gasteiger charge is -2.20. The molecule has 10 aromatic carbocycles. The van der Waals surface area contributed by atoms with Gasteiger partial charge in [-0.15, -0.1) is 0 Å². The van der Waals surface area contributed by atoms with E-state index in [1.807, 2.05) is 91.0 Å². The fourth-order valence-corrected chi connectivity index (χ4v) is 11.0. The number of fused-ring (bicyclic) bond motifs is 6. The highest BCUT2D eigenvalue weighted by Gasteiger charge is 2.25. The first-order chi connectivity index (χ1) is 40.2. The summed E-state index contributed by atoms with van der Waals surface area (Å²) in [6.45, 7) is 31.8. The number of benzene rings is 10. The summed E-state index contributed by atoms with van der Waals surface area (Å²) >= 11 is 0. The maximum Gasteiger partial charge on any atom is 0.196 e. The molecule has 0 unspecified atom stereocenters. The third-order valence-electron chi connectivity index (χ3n) is 14.8. The number of rotatable bonds is 7. The average molecular weight is 1040 g/mol. The molecular weight excluding hydrogens is 1010 g/mol. The highest BCUT2D eigenvalue weighted by molar-refractivity contribution is 6.14.